The summed E-state index contributed by atoms with van der Waals surface area (Å²) >= 11 is 0. The monoisotopic (exact) mass is 178 g/mol. The Kier molecular flexibility index (Phi) is 2.45. The number of hydrogen-bond acceptors (Lipinski definition) is 3. The van der Waals surface area contributed by atoms with E-state index in [9.17, 15) is 0 Å². The first-order valence-electron chi connectivity index (χ1n) is 4.64. The van der Waals surface area contributed by atoms with Gasteiger partial charge in [-0.05, 0) is 25.5 Å². The summed E-state index contributed by atoms with van der Waals surface area (Å²) in [6, 6.07) is 4.40. The molecule has 1 aromatic heterocycles. The fourth-order valence-electron chi connectivity index (χ4n) is 1.58. The Morgan fingerprint density at radius 2 is 2.23 bits per heavy atom. The van der Waals surface area contributed by atoms with Gasteiger partial charge in [-0.1, -0.05) is 0 Å². The number of nitrogens with zero attached hydrogens (tertiary/aromatic N) is 1. The predicted octanol–water partition coefficient (Wildman–Crippen LogP) is 1.67. The minimum Gasteiger partial charge on any atom is -0.380 e. The van der Waals surface area contributed by atoms with E-state index in [2.05, 4.69) is 17.2 Å². The van der Waals surface area contributed by atoms with Crippen LogP contribution in [0.1, 0.15) is 13.3 Å². The molecule has 1 saturated heterocycles. The minimum absolute atomic E-state index is 0.313. The van der Waals surface area contributed by atoms with Crippen LogP contribution in [0.25, 0.3) is 0 Å². The summed E-state index contributed by atoms with van der Waals surface area (Å²) in [5.41, 5.74) is 1.12. The normalized spacial score (nSPS) is 27.5. The molecule has 0 amide bonds. The van der Waals surface area contributed by atoms with E-state index in [1.54, 1.807) is 12.4 Å². The van der Waals surface area contributed by atoms with E-state index in [1.807, 2.05) is 12.1 Å². The van der Waals surface area contributed by atoms with Gasteiger partial charge in [-0.15, -0.1) is 0 Å². The maximum absolute atomic E-state index is 5.46. The van der Waals surface area contributed by atoms with Crippen molar-refractivity contribution in [3.63, 3.8) is 0 Å². The van der Waals surface area contributed by atoms with Crippen LogP contribution in [-0.2, 0) is 4.74 Å². The lowest BCUT2D eigenvalue weighted by molar-refractivity contribution is 0.121. The molecule has 1 fully saturated rings. The second-order valence-electron chi connectivity index (χ2n) is 3.35. The van der Waals surface area contributed by atoms with E-state index < -0.39 is 0 Å². The van der Waals surface area contributed by atoms with Gasteiger partial charge in [0.1, 0.15) is 0 Å². The molecule has 1 N–H and O–H groups in total. The van der Waals surface area contributed by atoms with Crippen LogP contribution in [0.3, 0.4) is 0 Å². The quantitative estimate of drug-likeness (QED) is 0.748. The van der Waals surface area contributed by atoms with Crippen LogP contribution < -0.4 is 5.32 Å². The first-order valence-corrected chi connectivity index (χ1v) is 4.64. The van der Waals surface area contributed by atoms with Gasteiger partial charge in [0, 0.05) is 24.7 Å². The molecule has 3 nitrogen and oxygen atoms in total. The Labute approximate surface area is 78.1 Å². The largest absolute Gasteiger partial charge is 0.380 e. The van der Waals surface area contributed by atoms with Crippen molar-refractivity contribution in [3.05, 3.63) is 24.5 Å². The fourth-order valence-corrected chi connectivity index (χ4v) is 1.58. The van der Waals surface area contributed by atoms with Crippen LogP contribution in [-0.4, -0.2) is 23.7 Å². The number of aromatic nitrogens is 1. The molecule has 1 aromatic rings. The Morgan fingerprint density at radius 1 is 1.46 bits per heavy atom. The van der Waals surface area contributed by atoms with Gasteiger partial charge in [-0.3, -0.25) is 4.98 Å². The maximum atomic E-state index is 5.46. The van der Waals surface area contributed by atoms with Crippen molar-refractivity contribution in [1.82, 2.24) is 4.98 Å². The summed E-state index contributed by atoms with van der Waals surface area (Å²) < 4.78 is 5.46. The Hall–Kier alpha value is -1.09. The molecule has 1 aliphatic heterocycles. The molecular formula is C10H14N2O. The van der Waals surface area contributed by atoms with E-state index in [0.29, 0.717) is 12.1 Å². The topological polar surface area (TPSA) is 34.1 Å². The van der Waals surface area contributed by atoms with E-state index >= 15 is 0 Å². The van der Waals surface area contributed by atoms with Crippen LogP contribution in [0.5, 0.6) is 0 Å². The SMILES string of the molecule is CC1OCCC1Nc1ccncc1. The van der Waals surface area contributed by atoms with Gasteiger partial charge in [0.05, 0.1) is 12.1 Å². The maximum Gasteiger partial charge on any atom is 0.0748 e. The smallest absolute Gasteiger partial charge is 0.0748 e. The lowest BCUT2D eigenvalue weighted by Gasteiger charge is -2.16. The molecule has 2 rings (SSSR count). The molecule has 13 heavy (non-hydrogen) atoms. The molecule has 0 radical (unpaired) electrons. The highest BCUT2D eigenvalue weighted by atomic mass is 16.5. The molecule has 70 valence electrons. The number of pyridine rings is 1. The standard InChI is InChI=1S/C10H14N2O/c1-8-10(4-7-13-8)12-9-2-5-11-6-3-9/h2-3,5-6,8,10H,4,7H2,1H3,(H,11,12). The van der Waals surface area contributed by atoms with E-state index in [-0.39, 0.29) is 0 Å². The molecular weight excluding hydrogens is 164 g/mol. The third kappa shape index (κ3) is 1.98. The summed E-state index contributed by atoms with van der Waals surface area (Å²) in [5.74, 6) is 0. The second-order valence-corrected chi connectivity index (χ2v) is 3.35. The molecule has 2 unspecified atom stereocenters. The number of nitrogens with one attached hydrogen (secondary N) is 1. The predicted molar refractivity (Wildman–Crippen MR) is 51.7 cm³/mol. The van der Waals surface area contributed by atoms with Crippen molar-refractivity contribution in [3.8, 4) is 0 Å². The van der Waals surface area contributed by atoms with Crippen LogP contribution in [0.15, 0.2) is 24.5 Å². The zero-order valence-corrected chi connectivity index (χ0v) is 7.73. The number of hydrogen-bond donors (Lipinski definition) is 1. The van der Waals surface area contributed by atoms with Crippen LogP contribution in [0.4, 0.5) is 5.69 Å². The molecule has 0 spiro atoms. The highest BCUT2D eigenvalue weighted by Gasteiger charge is 2.23. The molecule has 0 saturated carbocycles. The lowest BCUT2D eigenvalue weighted by atomic mass is 10.1. The zero-order chi connectivity index (χ0) is 9.10. The number of rotatable bonds is 2. The van der Waals surface area contributed by atoms with Crippen LogP contribution in [0.2, 0.25) is 0 Å². The molecule has 2 atom stereocenters. The Morgan fingerprint density at radius 3 is 2.85 bits per heavy atom. The Balaban J connectivity index is 1.98. The van der Waals surface area contributed by atoms with Gasteiger partial charge in [0.15, 0.2) is 0 Å². The second kappa shape index (κ2) is 3.75. The molecule has 1 aliphatic rings. The number of ether oxygens (including phenoxy) is 1. The molecule has 0 aromatic carbocycles. The average molecular weight is 178 g/mol. The van der Waals surface area contributed by atoms with Gasteiger partial charge in [-0.25, -0.2) is 0 Å². The van der Waals surface area contributed by atoms with Crippen molar-refractivity contribution >= 4 is 5.69 Å². The van der Waals surface area contributed by atoms with Gasteiger partial charge in [0.25, 0.3) is 0 Å². The zero-order valence-electron chi connectivity index (χ0n) is 7.73. The molecule has 0 bridgehead atoms. The van der Waals surface area contributed by atoms with Crippen molar-refractivity contribution in [2.45, 2.75) is 25.5 Å². The van der Waals surface area contributed by atoms with Crippen molar-refractivity contribution in [2.75, 3.05) is 11.9 Å². The van der Waals surface area contributed by atoms with Crippen molar-refractivity contribution < 1.29 is 4.74 Å². The van der Waals surface area contributed by atoms with Gasteiger partial charge in [0.2, 0.25) is 0 Å². The van der Waals surface area contributed by atoms with Gasteiger partial charge < -0.3 is 10.1 Å². The first kappa shape index (κ1) is 8.51. The van der Waals surface area contributed by atoms with Crippen molar-refractivity contribution in [2.24, 2.45) is 0 Å². The summed E-state index contributed by atoms with van der Waals surface area (Å²) in [6.45, 7) is 2.97. The molecule has 0 aliphatic carbocycles. The highest BCUT2D eigenvalue weighted by molar-refractivity contribution is 5.42. The van der Waals surface area contributed by atoms with Crippen LogP contribution >= 0.6 is 0 Å². The first-order chi connectivity index (χ1) is 6.36. The molecule has 3 heteroatoms. The lowest BCUT2D eigenvalue weighted by Crippen LogP contribution is -2.26. The summed E-state index contributed by atoms with van der Waals surface area (Å²) in [6.07, 6.45) is 4.99. The summed E-state index contributed by atoms with van der Waals surface area (Å²) in [5, 5.41) is 3.43. The van der Waals surface area contributed by atoms with Gasteiger partial charge >= 0.3 is 0 Å². The third-order valence-corrected chi connectivity index (χ3v) is 2.41. The summed E-state index contributed by atoms with van der Waals surface area (Å²) in [4.78, 5) is 3.97. The summed E-state index contributed by atoms with van der Waals surface area (Å²) in [7, 11) is 0. The van der Waals surface area contributed by atoms with Crippen molar-refractivity contribution in [1.29, 1.82) is 0 Å². The van der Waals surface area contributed by atoms with E-state index in [4.69, 9.17) is 4.74 Å². The van der Waals surface area contributed by atoms with Gasteiger partial charge in [-0.2, -0.15) is 0 Å². The molecule has 2 heterocycles. The minimum atomic E-state index is 0.313. The van der Waals surface area contributed by atoms with Crippen LogP contribution in [0, 0.1) is 0 Å². The third-order valence-electron chi connectivity index (χ3n) is 2.41. The van der Waals surface area contributed by atoms with E-state index in [0.717, 1.165) is 18.7 Å². The fraction of sp³-hybridized carbons (Fsp3) is 0.500. The Bertz CT molecular complexity index is 263. The highest BCUT2D eigenvalue weighted by Crippen LogP contribution is 2.17. The number of anilines is 1. The van der Waals surface area contributed by atoms with E-state index in [1.165, 1.54) is 0 Å². The average Bonchev–Trinajstić information content (AvgIpc) is 2.54.